The summed E-state index contributed by atoms with van der Waals surface area (Å²) in [6.45, 7) is 6.25. The maximum atomic E-state index is 6.12. The fourth-order valence-corrected chi connectivity index (χ4v) is 2.88. The van der Waals surface area contributed by atoms with Crippen LogP contribution in [0.2, 0.25) is 0 Å². The average molecular weight is 212 g/mol. The van der Waals surface area contributed by atoms with Crippen molar-refractivity contribution in [3.05, 3.63) is 0 Å². The Hall–Kier alpha value is -0.0400. The van der Waals surface area contributed by atoms with Crippen molar-refractivity contribution in [2.24, 2.45) is 5.92 Å². The predicted molar refractivity (Wildman–Crippen MR) is 66.1 cm³/mol. The Labute approximate surface area is 95.6 Å². The second-order valence-electron chi connectivity index (χ2n) is 4.68. The molecule has 15 heavy (non-hydrogen) atoms. The Bertz CT molecular complexity index is 155. The molecule has 1 heterocycles. The van der Waals surface area contributed by atoms with Crippen LogP contribution in [0.4, 0.5) is 0 Å². The van der Waals surface area contributed by atoms with Crippen molar-refractivity contribution in [1.82, 2.24) is 0 Å². The average Bonchev–Trinajstić information content (AvgIpc) is 2.55. The van der Waals surface area contributed by atoms with Gasteiger partial charge in [0.05, 0.1) is 12.2 Å². The van der Waals surface area contributed by atoms with Crippen LogP contribution in [0.25, 0.3) is 0 Å². The maximum absolute atomic E-state index is 6.12. The highest BCUT2D eigenvalue weighted by molar-refractivity contribution is 4.80. The zero-order valence-electron chi connectivity index (χ0n) is 10.8. The summed E-state index contributed by atoms with van der Waals surface area (Å²) in [5, 5.41) is 0. The van der Waals surface area contributed by atoms with Gasteiger partial charge in [-0.3, -0.25) is 0 Å². The molecule has 0 aromatic heterocycles. The molecule has 2 fully saturated rings. The van der Waals surface area contributed by atoms with E-state index in [-0.39, 0.29) is 0 Å². The molecule has 0 bridgehead atoms. The van der Waals surface area contributed by atoms with E-state index in [4.69, 9.17) is 4.74 Å². The standard InChI is InChI=1S/C12H22O.C2H6/c1-2-11-9-8-10-6-4-3-5-7-12(10)13-11;1-2/h10-12H,2-9H2,1H3;1-2H3. The molecule has 0 spiro atoms. The topological polar surface area (TPSA) is 9.23 Å². The van der Waals surface area contributed by atoms with E-state index < -0.39 is 0 Å². The molecule has 0 N–H and O–H groups in total. The van der Waals surface area contributed by atoms with Crippen molar-refractivity contribution in [1.29, 1.82) is 0 Å². The second kappa shape index (κ2) is 7.27. The summed E-state index contributed by atoms with van der Waals surface area (Å²) >= 11 is 0. The zero-order chi connectivity index (χ0) is 11.1. The van der Waals surface area contributed by atoms with Gasteiger partial charge >= 0.3 is 0 Å². The van der Waals surface area contributed by atoms with Gasteiger partial charge in [-0.1, -0.05) is 40.0 Å². The predicted octanol–water partition coefficient (Wildman–Crippen LogP) is 4.55. The van der Waals surface area contributed by atoms with E-state index in [9.17, 15) is 0 Å². The molecular formula is C14H28O. The van der Waals surface area contributed by atoms with Gasteiger partial charge in [-0.15, -0.1) is 0 Å². The van der Waals surface area contributed by atoms with Crippen LogP contribution in [-0.4, -0.2) is 12.2 Å². The molecular weight excluding hydrogens is 184 g/mol. The molecule has 0 radical (unpaired) electrons. The van der Waals surface area contributed by atoms with Crippen LogP contribution < -0.4 is 0 Å². The van der Waals surface area contributed by atoms with Gasteiger partial charge in [-0.05, 0) is 38.0 Å². The van der Waals surface area contributed by atoms with Crippen molar-refractivity contribution >= 4 is 0 Å². The van der Waals surface area contributed by atoms with Gasteiger partial charge < -0.3 is 4.74 Å². The molecule has 1 saturated heterocycles. The quantitative estimate of drug-likeness (QED) is 0.619. The normalized spacial score (nSPS) is 35.8. The van der Waals surface area contributed by atoms with Crippen molar-refractivity contribution in [3.63, 3.8) is 0 Å². The Morgan fingerprint density at radius 2 is 1.67 bits per heavy atom. The van der Waals surface area contributed by atoms with Crippen molar-refractivity contribution < 1.29 is 4.74 Å². The Morgan fingerprint density at radius 1 is 0.933 bits per heavy atom. The lowest BCUT2D eigenvalue weighted by Crippen LogP contribution is -2.34. The SMILES string of the molecule is CC.CCC1CCC2CCCCCC2O1. The van der Waals surface area contributed by atoms with Gasteiger partial charge in [0.15, 0.2) is 0 Å². The van der Waals surface area contributed by atoms with E-state index in [1.807, 2.05) is 13.8 Å². The fraction of sp³-hybridized carbons (Fsp3) is 1.00. The van der Waals surface area contributed by atoms with Crippen LogP contribution >= 0.6 is 0 Å². The fourth-order valence-electron chi connectivity index (χ4n) is 2.88. The van der Waals surface area contributed by atoms with Crippen LogP contribution in [0, 0.1) is 5.92 Å². The second-order valence-corrected chi connectivity index (χ2v) is 4.68. The number of fused-ring (bicyclic) bond motifs is 1. The molecule has 2 aliphatic rings. The van der Waals surface area contributed by atoms with Gasteiger partial charge in [0.25, 0.3) is 0 Å². The summed E-state index contributed by atoms with van der Waals surface area (Å²) in [6.07, 6.45) is 12.2. The smallest absolute Gasteiger partial charge is 0.0607 e. The van der Waals surface area contributed by atoms with Crippen LogP contribution in [-0.2, 0) is 4.74 Å². The first-order valence-electron chi connectivity index (χ1n) is 7.05. The molecule has 1 nitrogen and oxygen atoms in total. The summed E-state index contributed by atoms with van der Waals surface area (Å²) in [5.74, 6) is 0.908. The van der Waals surface area contributed by atoms with E-state index in [1.165, 1.54) is 51.4 Å². The summed E-state index contributed by atoms with van der Waals surface area (Å²) in [7, 11) is 0. The summed E-state index contributed by atoms with van der Waals surface area (Å²) in [4.78, 5) is 0. The van der Waals surface area contributed by atoms with Gasteiger partial charge in [0.1, 0.15) is 0 Å². The van der Waals surface area contributed by atoms with Crippen LogP contribution in [0.15, 0.2) is 0 Å². The summed E-state index contributed by atoms with van der Waals surface area (Å²) < 4.78 is 6.12. The molecule has 0 aromatic carbocycles. The molecule has 3 unspecified atom stereocenters. The lowest BCUT2D eigenvalue weighted by atomic mass is 9.87. The monoisotopic (exact) mass is 212 g/mol. The van der Waals surface area contributed by atoms with Gasteiger partial charge in [0, 0.05) is 0 Å². The van der Waals surface area contributed by atoms with E-state index >= 15 is 0 Å². The minimum Gasteiger partial charge on any atom is -0.375 e. The third-order valence-electron chi connectivity index (χ3n) is 3.77. The molecule has 1 aliphatic carbocycles. The van der Waals surface area contributed by atoms with Crippen molar-refractivity contribution in [2.75, 3.05) is 0 Å². The number of hydrogen-bond donors (Lipinski definition) is 0. The van der Waals surface area contributed by atoms with E-state index in [2.05, 4.69) is 6.92 Å². The van der Waals surface area contributed by atoms with Crippen LogP contribution in [0.3, 0.4) is 0 Å². The first kappa shape index (κ1) is 13.0. The molecule has 90 valence electrons. The lowest BCUT2D eigenvalue weighted by molar-refractivity contribution is -0.0861. The Balaban J connectivity index is 0.000000531. The minimum atomic E-state index is 0.583. The van der Waals surface area contributed by atoms with Gasteiger partial charge in [-0.25, -0.2) is 0 Å². The zero-order valence-corrected chi connectivity index (χ0v) is 10.8. The van der Waals surface area contributed by atoms with Crippen LogP contribution in [0.1, 0.15) is 72.1 Å². The van der Waals surface area contributed by atoms with Crippen molar-refractivity contribution in [2.45, 2.75) is 84.3 Å². The van der Waals surface area contributed by atoms with E-state index in [0.29, 0.717) is 12.2 Å². The first-order chi connectivity index (χ1) is 7.40. The Kier molecular flexibility index (Phi) is 6.31. The molecule has 1 aliphatic heterocycles. The lowest BCUT2D eigenvalue weighted by Gasteiger charge is -2.35. The molecule has 3 atom stereocenters. The summed E-state index contributed by atoms with van der Waals surface area (Å²) in [5.41, 5.74) is 0. The number of rotatable bonds is 1. The highest BCUT2D eigenvalue weighted by Gasteiger charge is 2.30. The first-order valence-corrected chi connectivity index (χ1v) is 7.05. The largest absolute Gasteiger partial charge is 0.375 e. The highest BCUT2D eigenvalue weighted by Crippen LogP contribution is 2.35. The third-order valence-corrected chi connectivity index (χ3v) is 3.77. The van der Waals surface area contributed by atoms with E-state index in [1.54, 1.807) is 0 Å². The third kappa shape index (κ3) is 3.79. The number of ether oxygens (including phenoxy) is 1. The molecule has 1 saturated carbocycles. The van der Waals surface area contributed by atoms with Gasteiger partial charge in [0.2, 0.25) is 0 Å². The van der Waals surface area contributed by atoms with Crippen LogP contribution in [0.5, 0.6) is 0 Å². The highest BCUT2D eigenvalue weighted by atomic mass is 16.5. The van der Waals surface area contributed by atoms with Crippen molar-refractivity contribution in [3.8, 4) is 0 Å². The van der Waals surface area contributed by atoms with E-state index in [0.717, 1.165) is 5.92 Å². The van der Waals surface area contributed by atoms with Gasteiger partial charge in [-0.2, -0.15) is 0 Å². The number of hydrogen-bond acceptors (Lipinski definition) is 1. The maximum Gasteiger partial charge on any atom is 0.0607 e. The summed E-state index contributed by atoms with van der Waals surface area (Å²) in [6, 6.07) is 0. The molecule has 1 heteroatoms. The molecule has 0 aromatic rings. The minimum absolute atomic E-state index is 0.583. The molecule has 2 rings (SSSR count). The Morgan fingerprint density at radius 3 is 2.40 bits per heavy atom. The molecule has 0 amide bonds.